The Kier molecular flexibility index (Phi) is 3.52. The predicted octanol–water partition coefficient (Wildman–Crippen LogP) is 2.70. The molecule has 13 heavy (non-hydrogen) atoms. The summed E-state index contributed by atoms with van der Waals surface area (Å²) in [5.74, 6) is 1.37. The quantitative estimate of drug-likeness (QED) is 0.681. The van der Waals surface area contributed by atoms with Gasteiger partial charge in [0.1, 0.15) is 0 Å². The number of aliphatic carboxylic acids is 1. The molecule has 0 amide bonds. The number of carbonyl (C=O) groups is 1. The molecule has 1 aliphatic carbocycles. The monoisotopic (exact) mass is 182 g/mol. The van der Waals surface area contributed by atoms with E-state index in [9.17, 15) is 4.79 Å². The first-order valence-electron chi connectivity index (χ1n) is 5.00. The summed E-state index contributed by atoms with van der Waals surface area (Å²) >= 11 is 0. The Labute approximate surface area is 79.6 Å². The smallest absolute Gasteiger partial charge is 0.327 e. The van der Waals surface area contributed by atoms with Crippen molar-refractivity contribution in [2.75, 3.05) is 0 Å². The van der Waals surface area contributed by atoms with Crippen LogP contribution >= 0.6 is 0 Å². The van der Waals surface area contributed by atoms with Crippen molar-refractivity contribution >= 4 is 5.97 Å². The summed E-state index contributed by atoms with van der Waals surface area (Å²) in [6.07, 6.45) is 6.58. The second-order valence-electron chi connectivity index (χ2n) is 4.17. The fourth-order valence-electron chi connectivity index (χ4n) is 2.31. The standard InChI is InChI=1S/C11H18O2/c1-8-6-7-9(2)10(8)4-3-5-11(12)13/h3,5,8-10H,4,6-7H2,1-2H3,(H,12,13)/b5-3+/t8-,9+,10?. The van der Waals surface area contributed by atoms with E-state index in [0.717, 1.165) is 18.3 Å². The molecule has 3 atom stereocenters. The lowest BCUT2D eigenvalue weighted by Crippen LogP contribution is -2.09. The van der Waals surface area contributed by atoms with Crippen LogP contribution in [0.2, 0.25) is 0 Å². The van der Waals surface area contributed by atoms with Crippen LogP contribution in [0.5, 0.6) is 0 Å². The number of hydrogen-bond acceptors (Lipinski definition) is 1. The van der Waals surface area contributed by atoms with Crippen LogP contribution in [0.15, 0.2) is 12.2 Å². The van der Waals surface area contributed by atoms with Gasteiger partial charge in [-0.05, 0) is 24.2 Å². The van der Waals surface area contributed by atoms with Crippen LogP contribution in [0.1, 0.15) is 33.1 Å². The zero-order valence-corrected chi connectivity index (χ0v) is 8.36. The summed E-state index contributed by atoms with van der Waals surface area (Å²) in [6, 6.07) is 0. The number of carboxylic acid groups (broad SMARTS) is 1. The third kappa shape index (κ3) is 2.87. The minimum absolute atomic E-state index is 0.690. The Hall–Kier alpha value is -0.790. The van der Waals surface area contributed by atoms with Gasteiger partial charge in [0.05, 0.1) is 0 Å². The Morgan fingerprint density at radius 3 is 2.38 bits per heavy atom. The highest BCUT2D eigenvalue weighted by Crippen LogP contribution is 2.38. The predicted molar refractivity (Wildman–Crippen MR) is 52.4 cm³/mol. The zero-order valence-electron chi connectivity index (χ0n) is 8.36. The van der Waals surface area contributed by atoms with E-state index in [-0.39, 0.29) is 0 Å². The summed E-state index contributed by atoms with van der Waals surface area (Å²) in [6.45, 7) is 4.53. The zero-order chi connectivity index (χ0) is 9.84. The number of rotatable bonds is 3. The van der Waals surface area contributed by atoms with Crippen molar-refractivity contribution in [1.82, 2.24) is 0 Å². The lowest BCUT2D eigenvalue weighted by molar-refractivity contribution is -0.131. The number of carboxylic acids is 1. The molecule has 0 aliphatic heterocycles. The molecule has 1 N–H and O–H groups in total. The third-order valence-electron chi connectivity index (χ3n) is 3.21. The fourth-order valence-corrected chi connectivity index (χ4v) is 2.31. The van der Waals surface area contributed by atoms with Crippen molar-refractivity contribution in [1.29, 1.82) is 0 Å². The highest BCUT2D eigenvalue weighted by Gasteiger charge is 2.28. The van der Waals surface area contributed by atoms with Gasteiger partial charge in [-0.15, -0.1) is 0 Å². The largest absolute Gasteiger partial charge is 0.478 e. The van der Waals surface area contributed by atoms with E-state index in [2.05, 4.69) is 13.8 Å². The van der Waals surface area contributed by atoms with E-state index in [1.807, 2.05) is 0 Å². The normalized spacial score (nSPS) is 34.2. The number of hydrogen-bond donors (Lipinski definition) is 1. The van der Waals surface area contributed by atoms with Gasteiger partial charge in [0.25, 0.3) is 0 Å². The molecular formula is C11H18O2. The second kappa shape index (κ2) is 4.45. The maximum atomic E-state index is 10.2. The van der Waals surface area contributed by atoms with E-state index in [4.69, 9.17) is 5.11 Å². The van der Waals surface area contributed by atoms with E-state index in [1.165, 1.54) is 18.9 Å². The summed E-state index contributed by atoms with van der Waals surface area (Å²) in [5.41, 5.74) is 0. The average Bonchev–Trinajstić information content (AvgIpc) is 2.34. The molecule has 0 heterocycles. The molecule has 0 bridgehead atoms. The summed E-state index contributed by atoms with van der Waals surface area (Å²) in [4.78, 5) is 10.2. The molecule has 1 rings (SSSR count). The minimum atomic E-state index is -0.835. The Morgan fingerprint density at radius 1 is 1.38 bits per heavy atom. The molecule has 1 aliphatic rings. The topological polar surface area (TPSA) is 37.3 Å². The van der Waals surface area contributed by atoms with Crippen LogP contribution in [-0.2, 0) is 4.79 Å². The first kappa shape index (κ1) is 10.3. The van der Waals surface area contributed by atoms with Gasteiger partial charge in [-0.25, -0.2) is 4.79 Å². The maximum absolute atomic E-state index is 10.2. The summed E-state index contributed by atoms with van der Waals surface area (Å²) < 4.78 is 0. The Morgan fingerprint density at radius 2 is 1.92 bits per heavy atom. The van der Waals surface area contributed by atoms with Gasteiger partial charge in [-0.2, -0.15) is 0 Å². The highest BCUT2D eigenvalue weighted by atomic mass is 16.4. The Balaban J connectivity index is 2.39. The Bertz CT molecular complexity index is 198. The van der Waals surface area contributed by atoms with E-state index >= 15 is 0 Å². The van der Waals surface area contributed by atoms with Gasteiger partial charge in [0, 0.05) is 6.08 Å². The van der Waals surface area contributed by atoms with Crippen molar-refractivity contribution in [2.45, 2.75) is 33.1 Å². The maximum Gasteiger partial charge on any atom is 0.327 e. The molecule has 0 aromatic carbocycles. The van der Waals surface area contributed by atoms with Crippen molar-refractivity contribution in [3.63, 3.8) is 0 Å². The highest BCUT2D eigenvalue weighted by molar-refractivity contribution is 5.79. The molecule has 0 aromatic rings. The molecule has 2 nitrogen and oxygen atoms in total. The molecule has 0 radical (unpaired) electrons. The van der Waals surface area contributed by atoms with Crippen LogP contribution in [-0.4, -0.2) is 11.1 Å². The average molecular weight is 182 g/mol. The minimum Gasteiger partial charge on any atom is -0.478 e. The first-order chi connectivity index (χ1) is 6.11. The van der Waals surface area contributed by atoms with Gasteiger partial charge in [0.15, 0.2) is 0 Å². The third-order valence-corrected chi connectivity index (χ3v) is 3.21. The summed E-state index contributed by atoms with van der Waals surface area (Å²) in [7, 11) is 0. The summed E-state index contributed by atoms with van der Waals surface area (Å²) in [5, 5.41) is 8.43. The van der Waals surface area contributed by atoms with Crippen LogP contribution in [0, 0.1) is 17.8 Å². The van der Waals surface area contributed by atoms with Crippen molar-refractivity contribution in [3.8, 4) is 0 Å². The van der Waals surface area contributed by atoms with Gasteiger partial charge in [-0.1, -0.05) is 32.8 Å². The molecule has 2 heteroatoms. The van der Waals surface area contributed by atoms with Crippen molar-refractivity contribution < 1.29 is 9.90 Å². The van der Waals surface area contributed by atoms with Crippen LogP contribution < -0.4 is 0 Å². The molecular weight excluding hydrogens is 164 g/mol. The molecule has 0 aromatic heterocycles. The fraction of sp³-hybridized carbons (Fsp3) is 0.727. The molecule has 1 fully saturated rings. The SMILES string of the molecule is C[C@@H]1CC[C@H](C)C1C/C=C/C(=O)O. The van der Waals surface area contributed by atoms with Gasteiger partial charge in [0.2, 0.25) is 0 Å². The van der Waals surface area contributed by atoms with Gasteiger partial charge in [-0.3, -0.25) is 0 Å². The van der Waals surface area contributed by atoms with Crippen LogP contribution in [0.25, 0.3) is 0 Å². The van der Waals surface area contributed by atoms with Crippen molar-refractivity contribution in [2.24, 2.45) is 17.8 Å². The number of allylic oxidation sites excluding steroid dienone is 1. The molecule has 1 unspecified atom stereocenters. The van der Waals surface area contributed by atoms with Crippen LogP contribution in [0.4, 0.5) is 0 Å². The van der Waals surface area contributed by atoms with Crippen LogP contribution in [0.3, 0.4) is 0 Å². The second-order valence-corrected chi connectivity index (χ2v) is 4.17. The van der Waals surface area contributed by atoms with Gasteiger partial charge < -0.3 is 5.11 Å². The van der Waals surface area contributed by atoms with E-state index in [1.54, 1.807) is 6.08 Å². The lowest BCUT2D eigenvalue weighted by atomic mass is 9.88. The molecule has 1 saturated carbocycles. The van der Waals surface area contributed by atoms with E-state index in [0.29, 0.717) is 5.92 Å². The molecule has 0 saturated heterocycles. The molecule has 0 spiro atoms. The van der Waals surface area contributed by atoms with E-state index < -0.39 is 5.97 Å². The molecule has 74 valence electrons. The first-order valence-corrected chi connectivity index (χ1v) is 5.00. The van der Waals surface area contributed by atoms with Crippen molar-refractivity contribution in [3.05, 3.63) is 12.2 Å². The lowest BCUT2D eigenvalue weighted by Gasteiger charge is -2.17. The van der Waals surface area contributed by atoms with Gasteiger partial charge >= 0.3 is 5.97 Å².